The van der Waals surface area contributed by atoms with E-state index in [-0.39, 0.29) is 17.5 Å². The zero-order chi connectivity index (χ0) is 24.9. The SMILES string of the molecule is Cc1nc2c(C)nnc(N[C@H](C)c3cccc(C(F)F)c3F)c2cc1N1CCN2C(=O)CC[C@@H]2C1. The maximum absolute atomic E-state index is 14.7. The Hall–Kier alpha value is -3.43. The minimum atomic E-state index is -2.90. The van der Waals surface area contributed by atoms with E-state index in [0.29, 0.717) is 36.5 Å². The van der Waals surface area contributed by atoms with Crippen LogP contribution in [0.1, 0.15) is 54.7 Å². The van der Waals surface area contributed by atoms with Gasteiger partial charge in [-0.25, -0.2) is 18.2 Å². The first-order valence-electron chi connectivity index (χ1n) is 11.8. The summed E-state index contributed by atoms with van der Waals surface area (Å²) in [6.45, 7) is 7.59. The third kappa shape index (κ3) is 4.15. The van der Waals surface area contributed by atoms with E-state index >= 15 is 0 Å². The Kier molecular flexibility index (Phi) is 5.98. The Labute approximate surface area is 201 Å². The number of anilines is 2. The molecule has 2 aromatic heterocycles. The van der Waals surface area contributed by atoms with Gasteiger partial charge in [-0.1, -0.05) is 18.2 Å². The van der Waals surface area contributed by atoms with Crippen molar-refractivity contribution >= 4 is 28.3 Å². The molecule has 2 atom stereocenters. The summed E-state index contributed by atoms with van der Waals surface area (Å²) in [4.78, 5) is 21.1. The van der Waals surface area contributed by atoms with Crippen molar-refractivity contribution in [2.75, 3.05) is 29.9 Å². The molecule has 10 heteroatoms. The topological polar surface area (TPSA) is 74.2 Å². The molecule has 2 saturated heterocycles. The maximum atomic E-state index is 14.7. The van der Waals surface area contributed by atoms with Crippen LogP contribution < -0.4 is 10.2 Å². The lowest BCUT2D eigenvalue weighted by molar-refractivity contribution is -0.129. The standard InChI is InChI=1S/C25H27F3N6O/c1-13(17-5-4-6-18(22(17)26)24(27)28)30-25-19-11-20(14(2)29-23(19)15(3)31-32-25)33-9-10-34-16(12-33)7-8-21(34)35/h4-6,11,13,16,24H,7-10,12H2,1-3H3,(H,30,32)/t13-,16-/m1/s1. The molecular formula is C25H27F3N6O. The summed E-state index contributed by atoms with van der Waals surface area (Å²) in [5.74, 6) is -0.300. The van der Waals surface area contributed by atoms with E-state index in [0.717, 1.165) is 35.8 Å². The monoisotopic (exact) mass is 484 g/mol. The van der Waals surface area contributed by atoms with Crippen LogP contribution in [0, 0.1) is 19.7 Å². The van der Waals surface area contributed by atoms with Crippen molar-refractivity contribution < 1.29 is 18.0 Å². The molecule has 7 nitrogen and oxygen atoms in total. The van der Waals surface area contributed by atoms with E-state index in [9.17, 15) is 18.0 Å². The average Bonchev–Trinajstić information content (AvgIpc) is 3.20. The quantitative estimate of drug-likeness (QED) is 0.566. The largest absolute Gasteiger partial charge is 0.366 e. The van der Waals surface area contributed by atoms with Gasteiger partial charge in [0, 0.05) is 43.0 Å². The van der Waals surface area contributed by atoms with Crippen LogP contribution in [-0.4, -0.2) is 51.7 Å². The van der Waals surface area contributed by atoms with Crippen LogP contribution >= 0.6 is 0 Å². The van der Waals surface area contributed by atoms with E-state index < -0.39 is 23.8 Å². The number of fused-ring (bicyclic) bond motifs is 2. The number of nitrogens with one attached hydrogen (secondary N) is 1. The van der Waals surface area contributed by atoms with Crippen LogP contribution in [0.5, 0.6) is 0 Å². The molecule has 1 aromatic carbocycles. The second kappa shape index (κ2) is 8.98. The van der Waals surface area contributed by atoms with Crippen LogP contribution in [-0.2, 0) is 4.79 Å². The van der Waals surface area contributed by atoms with Gasteiger partial charge in [0.2, 0.25) is 5.91 Å². The number of rotatable bonds is 5. The number of halogens is 3. The van der Waals surface area contributed by atoms with E-state index in [1.165, 1.54) is 12.1 Å². The van der Waals surface area contributed by atoms with Gasteiger partial charge in [-0.15, -0.1) is 5.10 Å². The summed E-state index contributed by atoms with van der Waals surface area (Å²) in [5.41, 5.74) is 2.63. The number of nitrogens with zero attached hydrogens (tertiary/aromatic N) is 5. The molecular weight excluding hydrogens is 457 g/mol. The molecule has 35 heavy (non-hydrogen) atoms. The molecule has 184 valence electrons. The van der Waals surface area contributed by atoms with Gasteiger partial charge in [0.05, 0.1) is 34.2 Å². The number of hydrogen-bond donors (Lipinski definition) is 1. The molecule has 2 aliphatic heterocycles. The van der Waals surface area contributed by atoms with E-state index in [2.05, 4.69) is 20.4 Å². The third-order valence-corrected chi connectivity index (χ3v) is 7.03. The Morgan fingerprint density at radius 2 is 1.89 bits per heavy atom. The number of carbonyl (C=O) groups excluding carboxylic acids is 1. The van der Waals surface area contributed by atoms with E-state index in [1.54, 1.807) is 6.92 Å². The van der Waals surface area contributed by atoms with Crippen LogP contribution in [0.25, 0.3) is 10.9 Å². The third-order valence-electron chi connectivity index (χ3n) is 7.03. The number of piperazine rings is 1. The molecule has 4 heterocycles. The van der Waals surface area contributed by atoms with Gasteiger partial charge in [-0.2, -0.15) is 5.10 Å². The van der Waals surface area contributed by atoms with Crippen LogP contribution in [0.2, 0.25) is 0 Å². The van der Waals surface area contributed by atoms with Crippen molar-refractivity contribution in [3.8, 4) is 0 Å². The average molecular weight is 485 g/mol. The highest BCUT2D eigenvalue weighted by Gasteiger charge is 2.36. The van der Waals surface area contributed by atoms with Crippen molar-refractivity contribution in [3.05, 3.63) is 52.6 Å². The lowest BCUT2D eigenvalue weighted by atomic mass is 10.0. The lowest BCUT2D eigenvalue weighted by Crippen LogP contribution is -2.51. The molecule has 2 aliphatic rings. The normalized spacial score (nSPS) is 18.9. The van der Waals surface area contributed by atoms with E-state index in [4.69, 9.17) is 4.98 Å². The fraction of sp³-hybridized carbons (Fsp3) is 0.440. The molecule has 0 spiro atoms. The van der Waals surface area contributed by atoms with Crippen LogP contribution in [0.15, 0.2) is 24.3 Å². The summed E-state index contributed by atoms with van der Waals surface area (Å²) in [5, 5.41) is 12.4. The van der Waals surface area contributed by atoms with Gasteiger partial charge < -0.3 is 15.1 Å². The number of amides is 1. The Balaban J connectivity index is 1.49. The maximum Gasteiger partial charge on any atom is 0.266 e. The first-order valence-corrected chi connectivity index (χ1v) is 11.8. The number of aryl methyl sites for hydroxylation is 2. The highest BCUT2D eigenvalue weighted by atomic mass is 19.3. The molecule has 1 N–H and O–H groups in total. The van der Waals surface area contributed by atoms with Crippen molar-refractivity contribution in [1.82, 2.24) is 20.1 Å². The Morgan fingerprint density at radius 3 is 2.66 bits per heavy atom. The Bertz CT molecular complexity index is 1300. The number of aromatic nitrogens is 3. The predicted octanol–water partition coefficient (Wildman–Crippen LogP) is 4.70. The zero-order valence-electron chi connectivity index (χ0n) is 19.9. The fourth-order valence-electron chi connectivity index (χ4n) is 5.14. The molecule has 0 unspecified atom stereocenters. The Morgan fingerprint density at radius 1 is 1.11 bits per heavy atom. The summed E-state index contributed by atoms with van der Waals surface area (Å²) in [6.07, 6.45) is -1.45. The van der Waals surface area contributed by atoms with Crippen molar-refractivity contribution in [1.29, 1.82) is 0 Å². The van der Waals surface area contributed by atoms with Gasteiger partial charge in [-0.3, -0.25) is 4.79 Å². The highest BCUT2D eigenvalue weighted by Crippen LogP contribution is 2.34. The minimum absolute atomic E-state index is 0.126. The predicted molar refractivity (Wildman–Crippen MR) is 127 cm³/mol. The summed E-state index contributed by atoms with van der Waals surface area (Å²) < 4.78 is 41.1. The van der Waals surface area contributed by atoms with Crippen molar-refractivity contribution in [2.45, 2.75) is 52.1 Å². The molecule has 0 aliphatic carbocycles. The zero-order valence-corrected chi connectivity index (χ0v) is 19.9. The number of alkyl halides is 2. The van der Waals surface area contributed by atoms with Crippen molar-refractivity contribution in [3.63, 3.8) is 0 Å². The molecule has 0 saturated carbocycles. The van der Waals surface area contributed by atoms with Crippen molar-refractivity contribution in [2.24, 2.45) is 0 Å². The van der Waals surface area contributed by atoms with Crippen LogP contribution in [0.4, 0.5) is 24.7 Å². The van der Waals surface area contributed by atoms with Gasteiger partial charge in [-0.05, 0) is 33.3 Å². The molecule has 3 aromatic rings. The minimum Gasteiger partial charge on any atom is -0.366 e. The van der Waals surface area contributed by atoms with Crippen LogP contribution in [0.3, 0.4) is 0 Å². The first kappa shape index (κ1) is 23.3. The molecule has 5 rings (SSSR count). The fourth-order valence-corrected chi connectivity index (χ4v) is 5.14. The molecule has 1 amide bonds. The smallest absolute Gasteiger partial charge is 0.266 e. The van der Waals surface area contributed by atoms with Gasteiger partial charge in [0.15, 0.2) is 5.82 Å². The first-order chi connectivity index (χ1) is 16.7. The lowest BCUT2D eigenvalue weighted by Gasteiger charge is -2.39. The second-order valence-corrected chi connectivity index (χ2v) is 9.27. The van der Waals surface area contributed by atoms with E-state index in [1.807, 2.05) is 24.8 Å². The summed E-state index contributed by atoms with van der Waals surface area (Å²) >= 11 is 0. The molecule has 0 radical (unpaired) electrons. The molecule has 2 fully saturated rings. The number of benzene rings is 1. The highest BCUT2D eigenvalue weighted by molar-refractivity contribution is 5.93. The van der Waals surface area contributed by atoms with Gasteiger partial charge in [0.1, 0.15) is 5.82 Å². The summed E-state index contributed by atoms with van der Waals surface area (Å²) in [6, 6.07) is 5.57. The molecule has 0 bridgehead atoms. The number of carbonyl (C=O) groups is 1. The summed E-state index contributed by atoms with van der Waals surface area (Å²) in [7, 11) is 0. The van der Waals surface area contributed by atoms with Gasteiger partial charge in [0.25, 0.3) is 6.43 Å². The number of hydrogen-bond acceptors (Lipinski definition) is 6. The second-order valence-electron chi connectivity index (χ2n) is 9.27. The van der Waals surface area contributed by atoms with Gasteiger partial charge >= 0.3 is 0 Å². The number of pyridine rings is 1.